The number of aliphatic hydroxyl groups excluding tert-OH is 1. The highest BCUT2D eigenvalue weighted by Crippen LogP contribution is 2.29. The van der Waals surface area contributed by atoms with E-state index in [2.05, 4.69) is 0 Å². The van der Waals surface area contributed by atoms with Crippen LogP contribution in [0.3, 0.4) is 0 Å². The summed E-state index contributed by atoms with van der Waals surface area (Å²) in [6.07, 6.45) is 4.61. The highest BCUT2D eigenvalue weighted by Gasteiger charge is 2.37. The maximum absolute atomic E-state index is 12.2. The number of aliphatic hydroxyl groups is 1. The molecule has 2 heterocycles. The molecule has 3 aliphatic rings. The summed E-state index contributed by atoms with van der Waals surface area (Å²) in [6, 6.07) is 8.88. The Morgan fingerprint density at radius 2 is 2.06 bits per heavy atom. The Hall–Kier alpha value is -1.65. The van der Waals surface area contributed by atoms with E-state index in [4.69, 9.17) is 4.84 Å². The van der Waals surface area contributed by atoms with Crippen LogP contribution in [-0.2, 0) is 9.63 Å². The van der Waals surface area contributed by atoms with E-state index < -0.39 is 6.10 Å². The van der Waals surface area contributed by atoms with E-state index >= 15 is 0 Å². The zero-order valence-electron chi connectivity index (χ0n) is 9.90. The Morgan fingerprint density at radius 3 is 2.61 bits per heavy atom. The summed E-state index contributed by atoms with van der Waals surface area (Å²) in [4.78, 5) is 17.7. The molecule has 0 unspecified atom stereocenters. The molecular weight excluding hydrogens is 230 g/mol. The van der Waals surface area contributed by atoms with Crippen molar-refractivity contribution in [3.8, 4) is 0 Å². The third-order valence-electron chi connectivity index (χ3n) is 3.41. The number of rotatable bonds is 2. The first-order valence-electron chi connectivity index (χ1n) is 6.17. The van der Waals surface area contributed by atoms with Gasteiger partial charge >= 0.3 is 0 Å². The summed E-state index contributed by atoms with van der Waals surface area (Å²) in [6.45, 7) is 0. The smallest absolute Gasteiger partial charge is 0.280 e. The van der Waals surface area contributed by atoms with Crippen molar-refractivity contribution in [2.24, 2.45) is 0 Å². The normalized spacial score (nSPS) is 27.3. The van der Waals surface area contributed by atoms with Gasteiger partial charge in [-0.25, -0.2) is 5.06 Å². The maximum atomic E-state index is 12.2. The van der Waals surface area contributed by atoms with Gasteiger partial charge in [-0.2, -0.15) is 0 Å². The summed E-state index contributed by atoms with van der Waals surface area (Å²) in [5.74, 6) is -0.389. The van der Waals surface area contributed by atoms with E-state index in [0.717, 1.165) is 12.8 Å². The lowest BCUT2D eigenvalue weighted by molar-refractivity contribution is -0.236. The van der Waals surface area contributed by atoms with Crippen molar-refractivity contribution in [3.63, 3.8) is 0 Å². The largest absolute Gasteiger partial charge is 0.378 e. The second-order valence-corrected chi connectivity index (χ2v) is 4.65. The van der Waals surface area contributed by atoms with Crippen LogP contribution in [0.15, 0.2) is 42.5 Å². The van der Waals surface area contributed by atoms with Gasteiger partial charge in [-0.1, -0.05) is 42.5 Å². The van der Waals surface area contributed by atoms with Gasteiger partial charge in [-0.3, -0.25) is 9.63 Å². The van der Waals surface area contributed by atoms with Crippen molar-refractivity contribution in [2.75, 3.05) is 0 Å². The van der Waals surface area contributed by atoms with Gasteiger partial charge in [-0.15, -0.1) is 0 Å². The molecule has 3 atom stereocenters. The van der Waals surface area contributed by atoms with Crippen LogP contribution in [0.4, 0.5) is 0 Å². The molecule has 0 spiro atoms. The Kier molecular flexibility index (Phi) is 2.89. The quantitative estimate of drug-likeness (QED) is 0.805. The van der Waals surface area contributed by atoms with Crippen molar-refractivity contribution in [2.45, 2.75) is 31.1 Å². The molecule has 18 heavy (non-hydrogen) atoms. The van der Waals surface area contributed by atoms with Crippen molar-refractivity contribution < 1.29 is 14.7 Å². The molecule has 1 aliphatic carbocycles. The minimum atomic E-state index is -1.15. The third kappa shape index (κ3) is 1.94. The van der Waals surface area contributed by atoms with Gasteiger partial charge in [0.1, 0.15) is 6.10 Å². The van der Waals surface area contributed by atoms with Gasteiger partial charge in [0.2, 0.25) is 0 Å². The molecular formula is C14H15NO3. The molecule has 0 aromatic heterocycles. The summed E-state index contributed by atoms with van der Waals surface area (Å²) in [7, 11) is 0. The lowest BCUT2D eigenvalue weighted by Gasteiger charge is -2.40. The number of fused-ring (bicyclic) bond motifs is 2. The predicted molar refractivity (Wildman–Crippen MR) is 65.3 cm³/mol. The fourth-order valence-corrected chi connectivity index (χ4v) is 2.40. The molecule has 2 aliphatic heterocycles. The van der Waals surface area contributed by atoms with Crippen LogP contribution in [0.25, 0.3) is 0 Å². The first kappa shape index (κ1) is 11.4. The number of hydrogen-bond acceptors (Lipinski definition) is 3. The Morgan fingerprint density at radius 1 is 1.28 bits per heavy atom. The van der Waals surface area contributed by atoms with Crippen molar-refractivity contribution >= 4 is 5.91 Å². The van der Waals surface area contributed by atoms with Crippen molar-refractivity contribution in [1.29, 1.82) is 0 Å². The fourth-order valence-electron chi connectivity index (χ4n) is 2.40. The fraction of sp³-hybridized carbons (Fsp3) is 0.357. The van der Waals surface area contributed by atoms with Crippen LogP contribution < -0.4 is 0 Å². The highest BCUT2D eigenvalue weighted by atomic mass is 16.7. The standard InChI is InChI=1S/C14H15NO3/c16-13(10-4-2-1-3-5-10)14(17)15-11-6-8-12(18-15)9-7-11/h1-6,8,11-13,16H,7,9H2/t11-,12+,13+/m0/s1. The minimum Gasteiger partial charge on any atom is -0.378 e. The Balaban J connectivity index is 1.77. The number of amides is 1. The average Bonchev–Trinajstić information content (AvgIpc) is 2.48. The number of carbonyl (C=O) groups excluding carboxylic acids is 1. The first-order chi connectivity index (χ1) is 8.75. The Labute approximate surface area is 105 Å². The lowest BCUT2D eigenvalue weighted by atomic mass is 9.97. The van der Waals surface area contributed by atoms with E-state index in [1.165, 1.54) is 5.06 Å². The number of carbonyl (C=O) groups is 1. The number of hydroxylamine groups is 2. The third-order valence-corrected chi connectivity index (χ3v) is 3.41. The van der Waals surface area contributed by atoms with Gasteiger partial charge in [0.05, 0.1) is 6.04 Å². The molecule has 0 saturated carbocycles. The van der Waals surface area contributed by atoms with Gasteiger partial charge in [0.25, 0.3) is 5.91 Å². The van der Waals surface area contributed by atoms with Crippen LogP contribution in [0.5, 0.6) is 0 Å². The molecule has 1 amide bonds. The molecule has 94 valence electrons. The molecule has 1 saturated heterocycles. The van der Waals surface area contributed by atoms with Crippen molar-refractivity contribution in [3.05, 3.63) is 48.0 Å². The molecule has 1 aromatic rings. The van der Waals surface area contributed by atoms with Crippen LogP contribution in [0.2, 0.25) is 0 Å². The van der Waals surface area contributed by atoms with Crippen LogP contribution in [-0.4, -0.2) is 28.2 Å². The average molecular weight is 245 g/mol. The predicted octanol–water partition coefficient (Wildman–Crippen LogP) is 1.58. The van der Waals surface area contributed by atoms with Crippen LogP contribution in [0, 0.1) is 0 Å². The summed E-state index contributed by atoms with van der Waals surface area (Å²) in [5, 5.41) is 11.4. The van der Waals surface area contributed by atoms with Gasteiger partial charge in [0, 0.05) is 0 Å². The van der Waals surface area contributed by atoms with E-state index in [1.54, 1.807) is 24.3 Å². The topological polar surface area (TPSA) is 49.8 Å². The second kappa shape index (κ2) is 4.55. The molecule has 4 rings (SSSR count). The van der Waals surface area contributed by atoms with Gasteiger partial charge < -0.3 is 5.11 Å². The van der Waals surface area contributed by atoms with Gasteiger partial charge in [-0.05, 0) is 18.4 Å². The van der Waals surface area contributed by atoms with E-state index in [0.29, 0.717) is 5.56 Å². The first-order valence-corrected chi connectivity index (χ1v) is 6.17. The number of benzene rings is 1. The van der Waals surface area contributed by atoms with Crippen LogP contribution in [0.1, 0.15) is 24.5 Å². The van der Waals surface area contributed by atoms with Crippen LogP contribution >= 0.6 is 0 Å². The molecule has 1 fully saturated rings. The maximum Gasteiger partial charge on any atom is 0.280 e. The van der Waals surface area contributed by atoms with E-state index in [-0.39, 0.29) is 18.1 Å². The lowest BCUT2D eigenvalue weighted by Crippen LogP contribution is -2.50. The zero-order valence-corrected chi connectivity index (χ0v) is 9.90. The molecule has 1 aromatic carbocycles. The highest BCUT2D eigenvalue weighted by molar-refractivity contribution is 5.81. The zero-order chi connectivity index (χ0) is 12.5. The Bertz CT molecular complexity index is 471. The van der Waals surface area contributed by atoms with Crippen molar-refractivity contribution in [1.82, 2.24) is 5.06 Å². The van der Waals surface area contributed by atoms with Gasteiger partial charge in [0.15, 0.2) is 6.10 Å². The second-order valence-electron chi connectivity index (χ2n) is 4.65. The summed E-state index contributed by atoms with van der Waals surface area (Å²) < 4.78 is 0. The SMILES string of the molecule is O=C([C@H](O)c1ccccc1)N1O[C@@H]2C=C[C@H]1CC2. The van der Waals surface area contributed by atoms with E-state index in [1.807, 2.05) is 18.2 Å². The number of hydrogen-bond donors (Lipinski definition) is 1. The molecule has 4 nitrogen and oxygen atoms in total. The molecule has 0 radical (unpaired) electrons. The molecule has 2 bridgehead atoms. The molecule has 4 heteroatoms. The van der Waals surface area contributed by atoms with E-state index in [9.17, 15) is 9.90 Å². The number of nitrogens with zero attached hydrogens (tertiary/aromatic N) is 1. The monoisotopic (exact) mass is 245 g/mol. The summed E-state index contributed by atoms with van der Waals surface area (Å²) in [5.41, 5.74) is 0.594. The summed E-state index contributed by atoms with van der Waals surface area (Å²) >= 11 is 0. The molecule has 1 N–H and O–H groups in total. The minimum absolute atomic E-state index is 0.0260.